The van der Waals surface area contributed by atoms with Crippen LogP contribution in [0.1, 0.15) is 16.8 Å². The van der Waals surface area contributed by atoms with Gasteiger partial charge in [-0.25, -0.2) is 18.1 Å². The van der Waals surface area contributed by atoms with Gasteiger partial charge in [-0.15, -0.1) is 0 Å². The number of sulfonamides is 1. The third-order valence-corrected chi connectivity index (χ3v) is 5.95. The van der Waals surface area contributed by atoms with Gasteiger partial charge in [0, 0.05) is 42.0 Å². The number of aromatic amines is 1. The molecule has 0 atom stereocenters. The number of H-pyrrole nitrogens is 1. The lowest BCUT2D eigenvalue weighted by molar-refractivity contribution is 0.600. The van der Waals surface area contributed by atoms with E-state index in [0.717, 1.165) is 5.56 Å². The fraction of sp³-hybridized carbons (Fsp3) is 0.0952. The molecule has 0 saturated heterocycles. The zero-order valence-corrected chi connectivity index (χ0v) is 16.9. The maximum atomic E-state index is 12.9. The number of anilines is 1. The number of pyridine rings is 2. The van der Waals surface area contributed by atoms with Crippen molar-refractivity contribution >= 4 is 15.7 Å². The number of nitrogens with zero attached hydrogens (tertiary/aromatic N) is 3. The van der Waals surface area contributed by atoms with Crippen molar-refractivity contribution in [3.63, 3.8) is 0 Å². The Morgan fingerprint density at radius 3 is 2.50 bits per heavy atom. The van der Waals surface area contributed by atoms with Crippen molar-refractivity contribution in [1.29, 1.82) is 0 Å². The Morgan fingerprint density at radius 2 is 1.83 bits per heavy atom. The predicted octanol–water partition coefficient (Wildman–Crippen LogP) is 2.66. The molecular formula is C21H19N5O3S. The molecule has 9 heteroatoms. The maximum Gasteiger partial charge on any atom is 0.276 e. The first-order valence-electron chi connectivity index (χ1n) is 9.18. The molecule has 4 rings (SSSR count). The minimum absolute atomic E-state index is 0.00186. The number of nitrogens with one attached hydrogen (secondary N) is 2. The number of aromatic nitrogens is 4. The summed E-state index contributed by atoms with van der Waals surface area (Å²) in [5, 5.41) is 3.00. The zero-order valence-electron chi connectivity index (χ0n) is 16.1. The van der Waals surface area contributed by atoms with Gasteiger partial charge in [0.05, 0.1) is 0 Å². The van der Waals surface area contributed by atoms with E-state index in [-0.39, 0.29) is 10.5 Å². The first-order valence-corrected chi connectivity index (χ1v) is 10.7. The molecule has 0 unspecified atom stereocenters. The molecule has 0 spiro atoms. The SMILES string of the molecule is Cc1[nH]n(-c2ccc(S(=O)(=O)Nc3ccccc3)cn2)c(=O)c1Cc1cccnc1. The molecule has 0 aliphatic carbocycles. The minimum Gasteiger partial charge on any atom is -0.294 e. The highest BCUT2D eigenvalue weighted by Crippen LogP contribution is 2.16. The van der Waals surface area contributed by atoms with E-state index in [1.807, 2.05) is 19.1 Å². The van der Waals surface area contributed by atoms with Crippen LogP contribution in [-0.2, 0) is 16.4 Å². The number of para-hydroxylation sites is 1. The quantitative estimate of drug-likeness (QED) is 0.497. The van der Waals surface area contributed by atoms with Gasteiger partial charge in [-0.3, -0.25) is 19.6 Å². The molecule has 0 radical (unpaired) electrons. The zero-order chi connectivity index (χ0) is 21.1. The second-order valence-corrected chi connectivity index (χ2v) is 8.40. The van der Waals surface area contributed by atoms with Gasteiger partial charge in [0.15, 0.2) is 5.82 Å². The molecule has 3 heterocycles. The molecule has 8 nitrogen and oxygen atoms in total. The van der Waals surface area contributed by atoms with Crippen LogP contribution in [0.2, 0.25) is 0 Å². The van der Waals surface area contributed by atoms with Crippen molar-refractivity contribution in [2.75, 3.05) is 4.72 Å². The highest BCUT2D eigenvalue weighted by atomic mass is 32.2. The molecule has 0 aliphatic heterocycles. The van der Waals surface area contributed by atoms with Crippen LogP contribution in [0.15, 0.2) is 82.9 Å². The van der Waals surface area contributed by atoms with Gasteiger partial charge in [0.25, 0.3) is 15.6 Å². The van der Waals surface area contributed by atoms with Crippen LogP contribution < -0.4 is 10.3 Å². The Labute approximate surface area is 173 Å². The Balaban J connectivity index is 1.60. The lowest BCUT2D eigenvalue weighted by atomic mass is 10.1. The van der Waals surface area contributed by atoms with Gasteiger partial charge < -0.3 is 0 Å². The van der Waals surface area contributed by atoms with Crippen LogP contribution in [0.3, 0.4) is 0 Å². The number of hydrogen-bond donors (Lipinski definition) is 2. The Hall–Kier alpha value is -3.72. The first kappa shape index (κ1) is 19.6. The number of aryl methyl sites for hydroxylation is 1. The Morgan fingerprint density at radius 1 is 1.03 bits per heavy atom. The van der Waals surface area contributed by atoms with Crippen molar-refractivity contribution in [3.8, 4) is 5.82 Å². The van der Waals surface area contributed by atoms with Gasteiger partial charge in [0.1, 0.15) is 4.90 Å². The van der Waals surface area contributed by atoms with E-state index < -0.39 is 10.0 Å². The van der Waals surface area contributed by atoms with E-state index in [0.29, 0.717) is 29.2 Å². The van der Waals surface area contributed by atoms with Gasteiger partial charge >= 0.3 is 0 Å². The summed E-state index contributed by atoms with van der Waals surface area (Å²) < 4.78 is 28.9. The molecule has 1 aromatic carbocycles. The summed E-state index contributed by atoms with van der Waals surface area (Å²) in [6.45, 7) is 1.81. The molecular weight excluding hydrogens is 402 g/mol. The average Bonchev–Trinajstić information content (AvgIpc) is 3.03. The molecule has 0 aliphatic rings. The largest absolute Gasteiger partial charge is 0.294 e. The van der Waals surface area contributed by atoms with Gasteiger partial charge in [0.2, 0.25) is 0 Å². The van der Waals surface area contributed by atoms with Crippen LogP contribution >= 0.6 is 0 Å². The Kier molecular flexibility index (Phi) is 5.20. The molecule has 0 fully saturated rings. The number of rotatable bonds is 6. The Bertz CT molecular complexity index is 1310. The van der Waals surface area contributed by atoms with Crippen LogP contribution in [-0.4, -0.2) is 28.2 Å². The van der Waals surface area contributed by atoms with E-state index in [1.54, 1.807) is 42.7 Å². The predicted molar refractivity (Wildman–Crippen MR) is 113 cm³/mol. The number of hydrogen-bond acceptors (Lipinski definition) is 5. The summed E-state index contributed by atoms with van der Waals surface area (Å²) in [7, 11) is -3.78. The summed E-state index contributed by atoms with van der Waals surface area (Å²) in [4.78, 5) is 21.1. The van der Waals surface area contributed by atoms with Crippen molar-refractivity contribution in [1.82, 2.24) is 19.7 Å². The highest BCUT2D eigenvalue weighted by molar-refractivity contribution is 7.92. The van der Waals surface area contributed by atoms with Crippen molar-refractivity contribution in [2.24, 2.45) is 0 Å². The standard InChI is InChI=1S/C21H19N5O3S/c1-15-19(12-16-6-5-11-22-13-16)21(27)26(24-15)20-10-9-18(14-23-20)30(28,29)25-17-7-3-2-4-8-17/h2-11,13-14,24-25H,12H2,1H3. The highest BCUT2D eigenvalue weighted by Gasteiger charge is 2.17. The third-order valence-electron chi connectivity index (χ3n) is 4.58. The van der Waals surface area contributed by atoms with Gasteiger partial charge in [-0.1, -0.05) is 24.3 Å². The van der Waals surface area contributed by atoms with Crippen molar-refractivity contribution in [3.05, 3.63) is 100 Å². The van der Waals surface area contributed by atoms with Gasteiger partial charge in [-0.2, -0.15) is 0 Å². The summed E-state index contributed by atoms with van der Waals surface area (Å²) in [5.41, 5.74) is 2.46. The minimum atomic E-state index is -3.78. The average molecular weight is 421 g/mol. The molecule has 2 N–H and O–H groups in total. The molecule has 30 heavy (non-hydrogen) atoms. The molecule has 0 amide bonds. The van der Waals surface area contributed by atoms with Crippen LogP contribution in [0, 0.1) is 6.92 Å². The fourth-order valence-corrected chi connectivity index (χ4v) is 4.04. The topological polar surface area (TPSA) is 110 Å². The molecule has 0 saturated carbocycles. The van der Waals surface area contributed by atoms with E-state index in [9.17, 15) is 13.2 Å². The van der Waals surface area contributed by atoms with E-state index in [1.165, 1.54) is 23.0 Å². The summed E-state index contributed by atoms with van der Waals surface area (Å²) in [6.07, 6.45) is 5.06. The second-order valence-electron chi connectivity index (χ2n) is 6.72. The van der Waals surface area contributed by atoms with Crippen LogP contribution in [0.4, 0.5) is 5.69 Å². The fourth-order valence-electron chi connectivity index (χ4n) is 3.04. The van der Waals surface area contributed by atoms with E-state index >= 15 is 0 Å². The summed E-state index contributed by atoms with van der Waals surface area (Å²) in [5.74, 6) is 0.305. The second kappa shape index (κ2) is 7.96. The molecule has 3 aromatic heterocycles. The maximum absolute atomic E-state index is 12.9. The molecule has 152 valence electrons. The summed E-state index contributed by atoms with van der Waals surface area (Å²) in [6, 6.07) is 15.2. The molecule has 0 bridgehead atoms. The normalized spacial score (nSPS) is 11.4. The number of benzene rings is 1. The lowest BCUT2D eigenvalue weighted by Gasteiger charge is -2.08. The monoisotopic (exact) mass is 421 g/mol. The van der Waals surface area contributed by atoms with Crippen molar-refractivity contribution < 1.29 is 8.42 Å². The molecule has 4 aromatic rings. The van der Waals surface area contributed by atoms with Crippen LogP contribution in [0.5, 0.6) is 0 Å². The first-order chi connectivity index (χ1) is 14.4. The van der Waals surface area contributed by atoms with Crippen molar-refractivity contribution in [2.45, 2.75) is 18.2 Å². The summed E-state index contributed by atoms with van der Waals surface area (Å²) >= 11 is 0. The smallest absolute Gasteiger partial charge is 0.276 e. The third kappa shape index (κ3) is 4.01. The lowest BCUT2D eigenvalue weighted by Crippen LogP contribution is -2.19. The van der Waals surface area contributed by atoms with Crippen LogP contribution in [0.25, 0.3) is 5.82 Å². The van der Waals surface area contributed by atoms with E-state index in [2.05, 4.69) is 19.8 Å². The van der Waals surface area contributed by atoms with Gasteiger partial charge in [-0.05, 0) is 42.8 Å². The van der Waals surface area contributed by atoms with E-state index in [4.69, 9.17) is 0 Å².